The Hall–Kier alpha value is -0.540. The third kappa shape index (κ3) is 1.58. The highest BCUT2D eigenvalue weighted by Gasteiger charge is 2.39. The van der Waals surface area contributed by atoms with Crippen molar-refractivity contribution in [3.05, 3.63) is 12.2 Å². The molecule has 0 saturated carbocycles. The maximum atomic E-state index is 10.8. The van der Waals surface area contributed by atoms with Crippen molar-refractivity contribution in [2.75, 3.05) is 7.05 Å². The average Bonchev–Trinajstić information content (AvgIpc) is 2.32. The molecule has 1 saturated heterocycles. The maximum absolute atomic E-state index is 10.8. The van der Waals surface area contributed by atoms with Gasteiger partial charge in [0, 0.05) is 12.1 Å². The number of aliphatic carboxylic acids is 1. The summed E-state index contributed by atoms with van der Waals surface area (Å²) >= 11 is 0. The molecule has 2 rings (SSSR count). The normalized spacial score (nSPS) is 37.2. The molecule has 2 heterocycles. The third-order valence-corrected chi connectivity index (χ3v) is 3.04. The molecule has 0 aromatic rings. The van der Waals surface area contributed by atoms with Crippen LogP contribution in [0.4, 0.5) is 0 Å². The van der Waals surface area contributed by atoms with Crippen molar-refractivity contribution in [1.29, 1.82) is 0 Å². The van der Waals surface area contributed by atoms with Gasteiger partial charge in [0.2, 0.25) is 0 Å². The molecule has 0 aromatic carbocycles. The number of carboxylic acid groups (broad SMARTS) is 1. The molecule has 0 spiro atoms. The van der Waals surface area contributed by atoms with Gasteiger partial charge in [0.1, 0.15) is 0 Å². The van der Waals surface area contributed by atoms with Gasteiger partial charge in [0.15, 0.2) is 0 Å². The van der Waals surface area contributed by atoms with Gasteiger partial charge >= 0.3 is 5.97 Å². The highest BCUT2D eigenvalue weighted by atomic mass is 35.5. The third-order valence-electron chi connectivity index (χ3n) is 3.04. The molecule has 2 aliphatic rings. The zero-order chi connectivity index (χ0) is 8.72. The summed E-state index contributed by atoms with van der Waals surface area (Å²) in [6.45, 7) is 0. The van der Waals surface area contributed by atoms with Crippen LogP contribution in [0, 0.1) is 5.92 Å². The van der Waals surface area contributed by atoms with Crippen LogP contribution in [0.15, 0.2) is 12.2 Å². The zero-order valence-corrected chi connectivity index (χ0v) is 8.33. The van der Waals surface area contributed by atoms with E-state index in [1.54, 1.807) is 0 Å². The Morgan fingerprint density at radius 3 is 2.77 bits per heavy atom. The van der Waals surface area contributed by atoms with Gasteiger partial charge in [-0.25, -0.2) is 0 Å². The minimum absolute atomic E-state index is 0. The molecule has 4 heteroatoms. The minimum atomic E-state index is -0.691. The Labute approximate surface area is 83.8 Å². The molecule has 1 fully saturated rings. The molecule has 0 amide bonds. The van der Waals surface area contributed by atoms with Gasteiger partial charge in [0.25, 0.3) is 0 Å². The number of rotatable bonds is 1. The van der Waals surface area contributed by atoms with E-state index in [-0.39, 0.29) is 24.4 Å². The van der Waals surface area contributed by atoms with E-state index in [2.05, 4.69) is 4.90 Å². The maximum Gasteiger partial charge on any atom is 0.311 e. The van der Waals surface area contributed by atoms with E-state index in [0.29, 0.717) is 6.04 Å². The Bertz CT molecular complexity index is 242. The molecule has 2 aliphatic heterocycles. The first-order chi connectivity index (χ1) is 5.70. The van der Waals surface area contributed by atoms with Gasteiger partial charge in [-0.3, -0.25) is 9.69 Å². The second-order valence-electron chi connectivity index (χ2n) is 3.63. The SMILES string of the molecule is CN1C2C=CC(C(=O)O)[C@H]1CC2.Cl. The lowest BCUT2D eigenvalue weighted by Crippen LogP contribution is -2.41. The van der Waals surface area contributed by atoms with Crippen LogP contribution in [-0.2, 0) is 4.79 Å². The summed E-state index contributed by atoms with van der Waals surface area (Å²) in [7, 11) is 2.02. The molecule has 1 N–H and O–H groups in total. The smallest absolute Gasteiger partial charge is 0.311 e. The largest absolute Gasteiger partial charge is 0.481 e. The fraction of sp³-hybridized carbons (Fsp3) is 0.667. The van der Waals surface area contributed by atoms with Crippen LogP contribution in [0.5, 0.6) is 0 Å². The van der Waals surface area contributed by atoms with E-state index in [1.807, 2.05) is 19.2 Å². The van der Waals surface area contributed by atoms with Crippen LogP contribution in [0.2, 0.25) is 0 Å². The van der Waals surface area contributed by atoms with E-state index in [0.717, 1.165) is 12.8 Å². The summed E-state index contributed by atoms with van der Waals surface area (Å²) in [4.78, 5) is 13.0. The first-order valence-electron chi connectivity index (χ1n) is 4.33. The lowest BCUT2D eigenvalue weighted by molar-refractivity contribution is -0.142. The molecule has 0 aromatic heterocycles. The molecule has 74 valence electrons. The molecule has 0 radical (unpaired) electrons. The van der Waals surface area contributed by atoms with E-state index >= 15 is 0 Å². The van der Waals surface area contributed by atoms with Gasteiger partial charge in [0.05, 0.1) is 5.92 Å². The van der Waals surface area contributed by atoms with Crippen molar-refractivity contribution in [2.45, 2.75) is 24.9 Å². The number of likely N-dealkylation sites (N-methyl/N-ethyl adjacent to an activating group) is 1. The predicted molar refractivity (Wildman–Crippen MR) is 52.1 cm³/mol. The number of halogens is 1. The summed E-state index contributed by atoms with van der Waals surface area (Å²) in [5, 5.41) is 8.90. The predicted octanol–water partition coefficient (Wildman–Crippen LogP) is 1.14. The fourth-order valence-electron chi connectivity index (χ4n) is 2.28. The summed E-state index contributed by atoms with van der Waals surface area (Å²) in [6.07, 6.45) is 6.01. The van der Waals surface area contributed by atoms with E-state index in [1.165, 1.54) is 0 Å². The van der Waals surface area contributed by atoms with Crippen molar-refractivity contribution < 1.29 is 9.90 Å². The van der Waals surface area contributed by atoms with E-state index in [4.69, 9.17) is 5.11 Å². The van der Waals surface area contributed by atoms with Crippen molar-refractivity contribution in [3.8, 4) is 0 Å². The van der Waals surface area contributed by atoms with Crippen LogP contribution < -0.4 is 0 Å². The molecule has 0 aliphatic carbocycles. The zero-order valence-electron chi connectivity index (χ0n) is 7.51. The Morgan fingerprint density at radius 1 is 1.46 bits per heavy atom. The number of nitrogens with zero attached hydrogens (tertiary/aromatic N) is 1. The Balaban J connectivity index is 0.000000845. The van der Waals surface area contributed by atoms with Crippen molar-refractivity contribution >= 4 is 18.4 Å². The Morgan fingerprint density at radius 2 is 2.15 bits per heavy atom. The highest BCUT2D eigenvalue weighted by molar-refractivity contribution is 5.85. The van der Waals surface area contributed by atoms with E-state index < -0.39 is 5.97 Å². The first-order valence-corrected chi connectivity index (χ1v) is 4.33. The number of carboxylic acids is 1. The minimum Gasteiger partial charge on any atom is -0.481 e. The van der Waals surface area contributed by atoms with Crippen molar-refractivity contribution in [3.63, 3.8) is 0 Å². The van der Waals surface area contributed by atoms with Crippen LogP contribution in [0.3, 0.4) is 0 Å². The van der Waals surface area contributed by atoms with Gasteiger partial charge in [-0.2, -0.15) is 0 Å². The number of hydrogen-bond acceptors (Lipinski definition) is 2. The first kappa shape index (κ1) is 10.5. The van der Waals surface area contributed by atoms with Crippen molar-refractivity contribution in [2.24, 2.45) is 5.92 Å². The molecule has 3 atom stereocenters. The van der Waals surface area contributed by atoms with Crippen LogP contribution in [0.25, 0.3) is 0 Å². The van der Waals surface area contributed by atoms with Gasteiger partial charge in [-0.15, -0.1) is 12.4 Å². The van der Waals surface area contributed by atoms with Crippen LogP contribution >= 0.6 is 12.4 Å². The van der Waals surface area contributed by atoms with E-state index in [9.17, 15) is 4.79 Å². The second-order valence-corrected chi connectivity index (χ2v) is 3.63. The monoisotopic (exact) mass is 203 g/mol. The number of fused-ring (bicyclic) bond motifs is 2. The molecule has 2 unspecified atom stereocenters. The molecular weight excluding hydrogens is 190 g/mol. The summed E-state index contributed by atoms with van der Waals surface area (Å²) in [5.41, 5.74) is 0. The quantitative estimate of drug-likeness (QED) is 0.650. The molecular formula is C9H14ClNO2. The van der Waals surface area contributed by atoms with Crippen molar-refractivity contribution in [1.82, 2.24) is 4.90 Å². The van der Waals surface area contributed by atoms with Gasteiger partial charge in [-0.1, -0.05) is 12.2 Å². The highest BCUT2D eigenvalue weighted by Crippen LogP contribution is 2.33. The second kappa shape index (κ2) is 3.68. The van der Waals surface area contributed by atoms with Gasteiger partial charge < -0.3 is 5.11 Å². The standard InChI is InChI=1S/C9H13NO2.ClH/c1-10-6-2-4-7(9(11)12)8(10)5-3-6;/h2,4,6-8H,3,5H2,1H3,(H,11,12);1H/t6?,7?,8-;/m1./s1. The lowest BCUT2D eigenvalue weighted by Gasteiger charge is -2.30. The summed E-state index contributed by atoms with van der Waals surface area (Å²) in [5.74, 6) is -0.975. The topological polar surface area (TPSA) is 40.5 Å². The number of hydrogen-bond donors (Lipinski definition) is 1. The summed E-state index contributed by atoms with van der Waals surface area (Å²) < 4.78 is 0. The molecule has 3 nitrogen and oxygen atoms in total. The van der Waals surface area contributed by atoms with Crippen LogP contribution in [-0.4, -0.2) is 35.1 Å². The molecule has 13 heavy (non-hydrogen) atoms. The average molecular weight is 204 g/mol. The van der Waals surface area contributed by atoms with Crippen LogP contribution in [0.1, 0.15) is 12.8 Å². The summed E-state index contributed by atoms with van der Waals surface area (Å²) in [6, 6.07) is 0.725. The fourth-order valence-corrected chi connectivity index (χ4v) is 2.28. The number of carbonyl (C=O) groups is 1. The van der Waals surface area contributed by atoms with Gasteiger partial charge in [-0.05, 0) is 19.9 Å². The molecule has 2 bridgehead atoms. The lowest BCUT2D eigenvalue weighted by atomic mass is 9.97. The Kier molecular flexibility index (Phi) is 2.98.